The molecule has 1 saturated heterocycles. The lowest BCUT2D eigenvalue weighted by Gasteiger charge is -2.17. The van der Waals surface area contributed by atoms with Crippen LogP contribution in [0.4, 0.5) is 0 Å². The van der Waals surface area contributed by atoms with Gasteiger partial charge in [0.1, 0.15) is 6.33 Å². The SMILES string of the molecule is CS(=O)(=O)NC1CCN(C(=O)Cc2ccc(-n3cnnn3)cc2)C1. The molecule has 1 aliphatic rings. The van der Waals surface area contributed by atoms with E-state index < -0.39 is 10.0 Å². The lowest BCUT2D eigenvalue weighted by atomic mass is 10.1. The highest BCUT2D eigenvalue weighted by Gasteiger charge is 2.27. The van der Waals surface area contributed by atoms with Gasteiger partial charge >= 0.3 is 0 Å². The number of hydrogen-bond donors (Lipinski definition) is 1. The molecule has 128 valence electrons. The van der Waals surface area contributed by atoms with Crippen LogP contribution >= 0.6 is 0 Å². The second-order valence-electron chi connectivity index (χ2n) is 5.81. The Kier molecular flexibility index (Phi) is 4.58. The number of benzene rings is 1. The third kappa shape index (κ3) is 4.15. The summed E-state index contributed by atoms with van der Waals surface area (Å²) in [6, 6.07) is 7.20. The Hall–Kier alpha value is -2.33. The third-order valence-electron chi connectivity index (χ3n) is 3.83. The van der Waals surface area contributed by atoms with Crippen LogP contribution in [-0.2, 0) is 21.2 Å². The van der Waals surface area contributed by atoms with Gasteiger partial charge in [-0.2, -0.15) is 0 Å². The highest BCUT2D eigenvalue weighted by atomic mass is 32.2. The molecule has 0 aliphatic carbocycles. The molecule has 1 unspecified atom stereocenters. The van der Waals surface area contributed by atoms with Crippen molar-refractivity contribution in [2.75, 3.05) is 19.3 Å². The Balaban J connectivity index is 1.57. The average Bonchev–Trinajstić information content (AvgIpc) is 3.17. The first-order valence-electron chi connectivity index (χ1n) is 7.48. The van der Waals surface area contributed by atoms with E-state index in [0.717, 1.165) is 17.5 Å². The molecule has 0 spiro atoms. The van der Waals surface area contributed by atoms with Crippen molar-refractivity contribution in [1.29, 1.82) is 0 Å². The second kappa shape index (κ2) is 6.65. The van der Waals surface area contributed by atoms with Crippen molar-refractivity contribution in [3.8, 4) is 5.69 Å². The maximum absolute atomic E-state index is 12.4. The van der Waals surface area contributed by atoms with E-state index in [1.165, 1.54) is 11.0 Å². The zero-order valence-corrected chi connectivity index (χ0v) is 14.0. The van der Waals surface area contributed by atoms with Crippen LogP contribution in [0.15, 0.2) is 30.6 Å². The molecule has 1 aliphatic heterocycles. The van der Waals surface area contributed by atoms with E-state index in [4.69, 9.17) is 0 Å². The number of nitrogens with one attached hydrogen (secondary N) is 1. The van der Waals surface area contributed by atoms with Crippen molar-refractivity contribution in [2.45, 2.75) is 18.9 Å². The molecular formula is C14H18N6O3S. The summed E-state index contributed by atoms with van der Waals surface area (Å²) in [5, 5.41) is 11.0. The number of carbonyl (C=O) groups is 1. The molecule has 1 aromatic carbocycles. The lowest BCUT2D eigenvalue weighted by Crippen LogP contribution is -2.38. The molecule has 9 nitrogen and oxygen atoms in total. The summed E-state index contributed by atoms with van der Waals surface area (Å²) in [6.45, 7) is 0.976. The molecule has 2 aromatic rings. The molecule has 24 heavy (non-hydrogen) atoms. The molecule has 1 fully saturated rings. The number of amides is 1. The van der Waals surface area contributed by atoms with E-state index in [-0.39, 0.29) is 18.4 Å². The maximum atomic E-state index is 12.4. The van der Waals surface area contributed by atoms with Crippen LogP contribution < -0.4 is 4.72 Å². The van der Waals surface area contributed by atoms with E-state index in [1.807, 2.05) is 24.3 Å². The number of carbonyl (C=O) groups excluding carboxylic acids is 1. The predicted octanol–water partition coefficient (Wildman–Crippen LogP) is -0.645. The summed E-state index contributed by atoms with van der Waals surface area (Å²) in [7, 11) is -3.25. The summed E-state index contributed by atoms with van der Waals surface area (Å²) < 4.78 is 26.6. The van der Waals surface area contributed by atoms with Crippen LogP contribution in [0.2, 0.25) is 0 Å². The summed E-state index contributed by atoms with van der Waals surface area (Å²) in [5.74, 6) is -0.0111. The van der Waals surface area contributed by atoms with E-state index >= 15 is 0 Å². The minimum atomic E-state index is -3.25. The van der Waals surface area contributed by atoms with Crippen LogP contribution in [0, 0.1) is 0 Å². The van der Waals surface area contributed by atoms with Gasteiger partial charge in [0.2, 0.25) is 15.9 Å². The average molecular weight is 350 g/mol. The molecule has 3 rings (SSSR count). The second-order valence-corrected chi connectivity index (χ2v) is 7.59. The molecule has 10 heteroatoms. The van der Waals surface area contributed by atoms with E-state index in [1.54, 1.807) is 4.90 Å². The molecule has 0 radical (unpaired) electrons. The van der Waals surface area contributed by atoms with Gasteiger partial charge in [-0.1, -0.05) is 12.1 Å². The Bertz CT molecular complexity index is 804. The van der Waals surface area contributed by atoms with Crippen molar-refractivity contribution >= 4 is 15.9 Å². The van der Waals surface area contributed by atoms with E-state index in [2.05, 4.69) is 20.2 Å². The number of nitrogens with zero attached hydrogens (tertiary/aromatic N) is 5. The zero-order chi connectivity index (χ0) is 17.2. The highest BCUT2D eigenvalue weighted by Crippen LogP contribution is 2.14. The number of hydrogen-bond acceptors (Lipinski definition) is 6. The van der Waals surface area contributed by atoms with Gasteiger partial charge in [0, 0.05) is 19.1 Å². The Morgan fingerprint density at radius 1 is 1.33 bits per heavy atom. The van der Waals surface area contributed by atoms with Crippen molar-refractivity contribution in [1.82, 2.24) is 29.8 Å². The Morgan fingerprint density at radius 3 is 2.71 bits per heavy atom. The van der Waals surface area contributed by atoms with Gasteiger partial charge < -0.3 is 4.90 Å². The fourth-order valence-corrected chi connectivity index (χ4v) is 3.52. The number of likely N-dealkylation sites (tertiary alicyclic amines) is 1. The summed E-state index contributed by atoms with van der Waals surface area (Å²) in [5.41, 5.74) is 1.70. The van der Waals surface area contributed by atoms with Crippen LogP contribution in [-0.4, -0.2) is 64.8 Å². The van der Waals surface area contributed by atoms with Crippen molar-refractivity contribution < 1.29 is 13.2 Å². The Labute approximate surface area is 139 Å². The quantitative estimate of drug-likeness (QED) is 0.768. The van der Waals surface area contributed by atoms with Crippen LogP contribution in [0.5, 0.6) is 0 Å². The number of sulfonamides is 1. The predicted molar refractivity (Wildman–Crippen MR) is 85.8 cm³/mol. The van der Waals surface area contributed by atoms with Gasteiger partial charge in [0.15, 0.2) is 0 Å². The number of aromatic nitrogens is 4. The van der Waals surface area contributed by atoms with Gasteiger partial charge in [0.25, 0.3) is 0 Å². The first-order valence-corrected chi connectivity index (χ1v) is 9.37. The summed E-state index contributed by atoms with van der Waals surface area (Å²) >= 11 is 0. The van der Waals surface area contributed by atoms with Crippen LogP contribution in [0.1, 0.15) is 12.0 Å². The van der Waals surface area contributed by atoms with Crippen molar-refractivity contribution in [3.05, 3.63) is 36.2 Å². The lowest BCUT2D eigenvalue weighted by molar-refractivity contribution is -0.129. The fraction of sp³-hybridized carbons (Fsp3) is 0.429. The van der Waals surface area contributed by atoms with Gasteiger partial charge in [-0.05, 0) is 34.5 Å². The minimum Gasteiger partial charge on any atom is -0.341 e. The van der Waals surface area contributed by atoms with Crippen molar-refractivity contribution in [3.63, 3.8) is 0 Å². The minimum absolute atomic E-state index is 0.0111. The molecule has 0 saturated carbocycles. The zero-order valence-electron chi connectivity index (χ0n) is 13.2. The standard InChI is InChI=1S/C14H18N6O3S/c1-24(22,23)16-12-6-7-19(9-12)14(21)8-11-2-4-13(5-3-11)20-10-15-17-18-20/h2-5,10,12,16H,6-9H2,1H3. The van der Waals surface area contributed by atoms with Crippen molar-refractivity contribution in [2.24, 2.45) is 0 Å². The van der Waals surface area contributed by atoms with Crippen LogP contribution in [0.25, 0.3) is 5.69 Å². The first-order chi connectivity index (χ1) is 11.4. The normalized spacial score (nSPS) is 18.0. The highest BCUT2D eigenvalue weighted by molar-refractivity contribution is 7.88. The monoisotopic (exact) mass is 350 g/mol. The van der Waals surface area contributed by atoms with E-state index in [9.17, 15) is 13.2 Å². The van der Waals surface area contributed by atoms with Gasteiger partial charge in [0.05, 0.1) is 18.4 Å². The number of rotatable bonds is 5. The molecule has 1 amide bonds. The van der Waals surface area contributed by atoms with Gasteiger partial charge in [-0.3, -0.25) is 4.79 Å². The summed E-state index contributed by atoms with van der Waals surface area (Å²) in [4.78, 5) is 14.0. The molecule has 0 bridgehead atoms. The maximum Gasteiger partial charge on any atom is 0.227 e. The molecule has 1 N–H and O–H groups in total. The fourth-order valence-electron chi connectivity index (χ4n) is 2.72. The molecule has 2 heterocycles. The topological polar surface area (TPSA) is 110 Å². The third-order valence-corrected chi connectivity index (χ3v) is 4.59. The largest absolute Gasteiger partial charge is 0.341 e. The van der Waals surface area contributed by atoms with Crippen LogP contribution in [0.3, 0.4) is 0 Å². The van der Waals surface area contributed by atoms with E-state index in [0.29, 0.717) is 19.5 Å². The molecule has 1 aromatic heterocycles. The summed E-state index contributed by atoms with van der Waals surface area (Å²) in [6.07, 6.45) is 3.54. The molecular weight excluding hydrogens is 332 g/mol. The Morgan fingerprint density at radius 2 is 2.08 bits per heavy atom. The van der Waals surface area contributed by atoms with Gasteiger partial charge in [-0.25, -0.2) is 17.8 Å². The number of tetrazole rings is 1. The first kappa shape index (κ1) is 16.5. The smallest absolute Gasteiger partial charge is 0.227 e. The molecule has 1 atom stereocenters. The van der Waals surface area contributed by atoms with Gasteiger partial charge in [-0.15, -0.1) is 5.10 Å².